The van der Waals surface area contributed by atoms with Crippen LogP contribution in [0.2, 0.25) is 5.02 Å². The highest BCUT2D eigenvalue weighted by atomic mass is 35.5. The number of amides is 2. The van der Waals surface area contributed by atoms with E-state index >= 15 is 0 Å². The molecule has 0 fully saturated rings. The Bertz CT molecular complexity index is 1160. The summed E-state index contributed by atoms with van der Waals surface area (Å²) in [7, 11) is 0. The van der Waals surface area contributed by atoms with E-state index in [0.717, 1.165) is 4.88 Å². The second-order valence-electron chi connectivity index (χ2n) is 6.06. The summed E-state index contributed by atoms with van der Waals surface area (Å²) in [6.45, 7) is 0. The van der Waals surface area contributed by atoms with Gasteiger partial charge in [-0.1, -0.05) is 41.9 Å². The number of rotatable bonds is 7. The van der Waals surface area contributed by atoms with Crippen molar-refractivity contribution in [2.45, 2.75) is 0 Å². The van der Waals surface area contributed by atoms with Crippen molar-refractivity contribution in [3.63, 3.8) is 0 Å². The fourth-order valence-electron chi connectivity index (χ4n) is 2.43. The predicted octanol–water partition coefficient (Wildman–Crippen LogP) is 4.23. The summed E-state index contributed by atoms with van der Waals surface area (Å²) in [5.74, 6) is -1.10. The van der Waals surface area contributed by atoms with Crippen LogP contribution in [0.25, 0.3) is 6.08 Å². The standard InChI is InChI=1S/C21H15ClN4O4S/c22-17-9-8-14(11-19(17)26(29)30)13-23-25-21(28)18(12-16-7-4-10-31-16)24-20(27)15-5-2-1-3-6-15/h1-13H,(H,24,27)(H,25,28). The van der Waals surface area contributed by atoms with E-state index in [2.05, 4.69) is 15.8 Å². The first-order valence-electron chi connectivity index (χ1n) is 8.83. The Labute approximate surface area is 186 Å². The van der Waals surface area contributed by atoms with E-state index in [1.165, 1.54) is 41.8 Å². The number of hydrogen-bond donors (Lipinski definition) is 2. The number of hydrazone groups is 1. The highest BCUT2D eigenvalue weighted by molar-refractivity contribution is 7.10. The van der Waals surface area contributed by atoms with E-state index in [9.17, 15) is 19.7 Å². The third kappa shape index (κ3) is 6.08. The smallest absolute Gasteiger partial charge is 0.288 e. The van der Waals surface area contributed by atoms with Crippen molar-refractivity contribution in [3.05, 3.63) is 103 Å². The number of benzene rings is 2. The molecule has 0 aliphatic heterocycles. The Morgan fingerprint density at radius 3 is 2.55 bits per heavy atom. The molecule has 156 valence electrons. The van der Waals surface area contributed by atoms with Crippen molar-refractivity contribution in [3.8, 4) is 0 Å². The number of carbonyl (C=O) groups excluding carboxylic acids is 2. The molecule has 0 spiro atoms. The summed E-state index contributed by atoms with van der Waals surface area (Å²) in [6, 6.07) is 16.2. The lowest BCUT2D eigenvalue weighted by atomic mass is 10.2. The van der Waals surface area contributed by atoms with Gasteiger partial charge in [0.1, 0.15) is 10.7 Å². The summed E-state index contributed by atoms with van der Waals surface area (Å²) in [5.41, 5.74) is 2.80. The minimum Gasteiger partial charge on any atom is -0.317 e. The van der Waals surface area contributed by atoms with Crippen molar-refractivity contribution >= 4 is 52.7 Å². The zero-order valence-corrected chi connectivity index (χ0v) is 17.4. The lowest BCUT2D eigenvalue weighted by Gasteiger charge is -2.08. The van der Waals surface area contributed by atoms with Crippen molar-refractivity contribution in [2.24, 2.45) is 5.10 Å². The lowest BCUT2D eigenvalue weighted by molar-refractivity contribution is -0.384. The van der Waals surface area contributed by atoms with E-state index in [1.807, 2.05) is 11.4 Å². The van der Waals surface area contributed by atoms with E-state index in [0.29, 0.717) is 11.1 Å². The van der Waals surface area contributed by atoms with Crippen LogP contribution in [0.4, 0.5) is 5.69 Å². The Morgan fingerprint density at radius 2 is 1.87 bits per heavy atom. The van der Waals surface area contributed by atoms with Crippen LogP contribution < -0.4 is 10.7 Å². The Balaban J connectivity index is 1.76. The molecule has 1 heterocycles. The topological polar surface area (TPSA) is 114 Å². The second-order valence-corrected chi connectivity index (χ2v) is 7.45. The molecule has 0 bridgehead atoms. The van der Waals surface area contributed by atoms with Crippen LogP contribution in [-0.4, -0.2) is 23.0 Å². The van der Waals surface area contributed by atoms with Gasteiger partial charge in [-0.2, -0.15) is 5.10 Å². The van der Waals surface area contributed by atoms with Crippen LogP contribution in [0.1, 0.15) is 20.8 Å². The van der Waals surface area contributed by atoms with E-state index in [1.54, 1.807) is 36.4 Å². The zero-order chi connectivity index (χ0) is 22.2. The molecule has 0 radical (unpaired) electrons. The maximum atomic E-state index is 12.6. The molecule has 0 atom stereocenters. The fourth-order valence-corrected chi connectivity index (χ4v) is 3.28. The van der Waals surface area contributed by atoms with Gasteiger partial charge in [0.2, 0.25) is 0 Å². The molecule has 0 aliphatic rings. The maximum Gasteiger partial charge on any atom is 0.288 e. The Kier molecular flexibility index (Phi) is 7.26. The van der Waals surface area contributed by atoms with Gasteiger partial charge in [0.15, 0.2) is 0 Å². The van der Waals surface area contributed by atoms with Gasteiger partial charge < -0.3 is 5.32 Å². The first-order valence-corrected chi connectivity index (χ1v) is 10.1. The maximum absolute atomic E-state index is 12.6. The molecular weight excluding hydrogens is 440 g/mol. The highest BCUT2D eigenvalue weighted by Crippen LogP contribution is 2.24. The van der Waals surface area contributed by atoms with Gasteiger partial charge in [-0.05, 0) is 35.7 Å². The van der Waals surface area contributed by atoms with Crippen LogP contribution in [0.5, 0.6) is 0 Å². The third-order valence-electron chi connectivity index (χ3n) is 3.91. The number of halogens is 1. The number of nitrogens with one attached hydrogen (secondary N) is 2. The van der Waals surface area contributed by atoms with Crippen molar-refractivity contribution in [1.29, 1.82) is 0 Å². The molecule has 1 aromatic heterocycles. The van der Waals surface area contributed by atoms with Gasteiger partial charge in [0, 0.05) is 22.1 Å². The van der Waals surface area contributed by atoms with Gasteiger partial charge in [-0.3, -0.25) is 19.7 Å². The largest absolute Gasteiger partial charge is 0.317 e. The SMILES string of the molecule is O=C(NN=Cc1ccc(Cl)c([N+](=O)[O-])c1)C(=Cc1cccs1)NC(=O)c1ccccc1. The van der Waals surface area contributed by atoms with E-state index in [-0.39, 0.29) is 16.4 Å². The van der Waals surface area contributed by atoms with Crippen LogP contribution in [0, 0.1) is 10.1 Å². The number of nitro groups is 1. The summed E-state index contributed by atoms with van der Waals surface area (Å²) >= 11 is 7.18. The van der Waals surface area contributed by atoms with Crippen molar-refractivity contribution < 1.29 is 14.5 Å². The molecule has 3 aromatic rings. The molecule has 8 nitrogen and oxygen atoms in total. The molecule has 0 aliphatic carbocycles. The fraction of sp³-hybridized carbons (Fsp3) is 0. The first kappa shape index (κ1) is 21.9. The average Bonchev–Trinajstić information content (AvgIpc) is 3.28. The number of nitro benzene ring substituents is 1. The second kappa shape index (κ2) is 10.3. The van der Waals surface area contributed by atoms with E-state index in [4.69, 9.17) is 11.6 Å². The molecule has 0 saturated heterocycles. The van der Waals surface area contributed by atoms with Gasteiger partial charge >= 0.3 is 0 Å². The third-order valence-corrected chi connectivity index (χ3v) is 5.04. The van der Waals surface area contributed by atoms with Crippen LogP contribution in [-0.2, 0) is 4.79 Å². The summed E-state index contributed by atoms with van der Waals surface area (Å²) in [5, 5.41) is 19.2. The normalized spacial score (nSPS) is 11.3. The summed E-state index contributed by atoms with van der Waals surface area (Å²) in [6.07, 6.45) is 2.77. The highest BCUT2D eigenvalue weighted by Gasteiger charge is 2.15. The van der Waals surface area contributed by atoms with Crippen LogP contribution in [0.15, 0.2) is 76.8 Å². The molecule has 10 heteroatoms. The molecule has 2 N–H and O–H groups in total. The van der Waals surface area contributed by atoms with Crippen LogP contribution in [0.3, 0.4) is 0 Å². The lowest BCUT2D eigenvalue weighted by Crippen LogP contribution is -2.32. The monoisotopic (exact) mass is 454 g/mol. The molecule has 0 unspecified atom stereocenters. The molecule has 31 heavy (non-hydrogen) atoms. The number of hydrogen-bond acceptors (Lipinski definition) is 6. The van der Waals surface area contributed by atoms with Gasteiger partial charge in [-0.25, -0.2) is 5.43 Å². The summed E-state index contributed by atoms with van der Waals surface area (Å²) < 4.78 is 0. The first-order chi connectivity index (χ1) is 14.9. The zero-order valence-electron chi connectivity index (χ0n) is 15.8. The predicted molar refractivity (Wildman–Crippen MR) is 120 cm³/mol. The molecule has 3 rings (SSSR count). The molecular formula is C21H15ClN4O4S. The van der Waals surface area contributed by atoms with Crippen molar-refractivity contribution in [2.75, 3.05) is 0 Å². The van der Waals surface area contributed by atoms with Gasteiger partial charge in [0.25, 0.3) is 17.5 Å². The minimum atomic E-state index is -0.655. The quantitative estimate of drug-likeness (QED) is 0.240. The molecule has 2 amide bonds. The number of carbonyl (C=O) groups is 2. The van der Waals surface area contributed by atoms with Crippen LogP contribution >= 0.6 is 22.9 Å². The number of nitrogens with zero attached hydrogens (tertiary/aromatic N) is 2. The van der Waals surface area contributed by atoms with Gasteiger partial charge in [-0.15, -0.1) is 11.3 Å². The minimum absolute atomic E-state index is 0.00372. The van der Waals surface area contributed by atoms with Gasteiger partial charge in [0.05, 0.1) is 11.1 Å². The average molecular weight is 455 g/mol. The van der Waals surface area contributed by atoms with E-state index < -0.39 is 16.7 Å². The Morgan fingerprint density at radius 1 is 1.10 bits per heavy atom. The Hall–Kier alpha value is -3.82. The van der Waals surface area contributed by atoms with Crippen molar-refractivity contribution in [1.82, 2.24) is 10.7 Å². The molecule has 0 saturated carbocycles. The number of thiophene rings is 1. The molecule has 2 aromatic carbocycles. The summed E-state index contributed by atoms with van der Waals surface area (Å²) in [4.78, 5) is 36.2.